The summed E-state index contributed by atoms with van der Waals surface area (Å²) >= 11 is 6.00. The van der Waals surface area contributed by atoms with Crippen LogP contribution in [-0.2, 0) is 7.05 Å². The number of rotatable bonds is 5. The van der Waals surface area contributed by atoms with Gasteiger partial charge in [0.15, 0.2) is 11.5 Å². The molecule has 2 bridgehead atoms. The first-order valence-corrected chi connectivity index (χ1v) is 10.5. The van der Waals surface area contributed by atoms with Crippen LogP contribution >= 0.6 is 11.6 Å². The van der Waals surface area contributed by atoms with E-state index in [1.807, 2.05) is 42.4 Å². The summed E-state index contributed by atoms with van der Waals surface area (Å²) < 4.78 is 1.66. The molecule has 1 aliphatic carbocycles. The Bertz CT molecular complexity index is 1060. The van der Waals surface area contributed by atoms with Gasteiger partial charge in [0, 0.05) is 49.4 Å². The van der Waals surface area contributed by atoms with Crippen molar-refractivity contribution in [1.29, 1.82) is 0 Å². The molecule has 0 spiro atoms. The second-order valence-corrected chi connectivity index (χ2v) is 8.68. The molecule has 6 rings (SSSR count). The zero-order valence-corrected chi connectivity index (χ0v) is 17.5. The summed E-state index contributed by atoms with van der Waals surface area (Å²) in [4.78, 5) is 24.3. The number of hydrogen-bond donors (Lipinski definition) is 1. The smallest absolute Gasteiger partial charge is 0.275 e. The minimum absolute atomic E-state index is 0.0471. The summed E-state index contributed by atoms with van der Waals surface area (Å²) in [6, 6.07) is 9.43. The number of piperidine rings is 2. The van der Waals surface area contributed by atoms with Gasteiger partial charge in [0.05, 0.1) is 11.1 Å². The number of aromatic nitrogens is 4. The van der Waals surface area contributed by atoms with Crippen molar-refractivity contribution in [3.8, 4) is 11.4 Å². The minimum Gasteiger partial charge on any atom is -0.383 e. The van der Waals surface area contributed by atoms with E-state index < -0.39 is 0 Å². The highest BCUT2D eigenvalue weighted by Gasteiger charge is 2.54. The molecule has 0 radical (unpaired) electrons. The maximum atomic E-state index is 13.7. The van der Waals surface area contributed by atoms with Crippen molar-refractivity contribution in [2.75, 3.05) is 18.4 Å². The van der Waals surface area contributed by atoms with Crippen LogP contribution in [0.5, 0.6) is 0 Å². The Balaban J connectivity index is 1.41. The van der Waals surface area contributed by atoms with Crippen LogP contribution < -0.4 is 5.32 Å². The van der Waals surface area contributed by atoms with Crippen LogP contribution in [0.3, 0.4) is 0 Å². The maximum Gasteiger partial charge on any atom is 0.275 e. The number of hydrogen-bond acceptors (Lipinski definition) is 5. The van der Waals surface area contributed by atoms with Crippen LogP contribution in [0.15, 0.2) is 48.9 Å². The molecule has 4 heterocycles. The van der Waals surface area contributed by atoms with Gasteiger partial charge in [0.1, 0.15) is 0 Å². The van der Waals surface area contributed by atoms with Gasteiger partial charge >= 0.3 is 0 Å². The van der Waals surface area contributed by atoms with Gasteiger partial charge in [-0.3, -0.25) is 9.48 Å². The molecule has 1 N–H and O–H groups in total. The van der Waals surface area contributed by atoms with Gasteiger partial charge in [0.2, 0.25) is 0 Å². The number of anilines is 1. The molecule has 2 aliphatic heterocycles. The Labute approximate surface area is 180 Å². The first-order valence-electron chi connectivity index (χ1n) is 10.2. The number of carbonyl (C=O) groups excluding carboxylic acids is 1. The highest BCUT2D eigenvalue weighted by Crippen LogP contribution is 2.49. The average molecular weight is 423 g/mol. The van der Waals surface area contributed by atoms with E-state index >= 15 is 0 Å². The summed E-state index contributed by atoms with van der Waals surface area (Å²) in [5.41, 5.74) is 1.91. The monoisotopic (exact) mass is 422 g/mol. The zero-order chi connectivity index (χ0) is 20.7. The van der Waals surface area contributed by atoms with Crippen molar-refractivity contribution < 1.29 is 4.79 Å². The Morgan fingerprint density at radius 2 is 1.97 bits per heavy atom. The van der Waals surface area contributed by atoms with Gasteiger partial charge < -0.3 is 10.2 Å². The minimum atomic E-state index is -0.189. The van der Waals surface area contributed by atoms with E-state index in [9.17, 15) is 4.79 Å². The first-order chi connectivity index (χ1) is 14.5. The van der Waals surface area contributed by atoms with E-state index in [0.717, 1.165) is 31.5 Å². The van der Waals surface area contributed by atoms with Crippen LogP contribution in [0.25, 0.3) is 11.4 Å². The summed E-state index contributed by atoms with van der Waals surface area (Å²) in [5.74, 6) is 1.17. The average Bonchev–Trinajstić information content (AvgIpc) is 3.14. The van der Waals surface area contributed by atoms with E-state index in [1.54, 1.807) is 23.1 Å². The topological polar surface area (TPSA) is 75.9 Å². The number of amides is 1. The van der Waals surface area contributed by atoms with Gasteiger partial charge in [0.25, 0.3) is 5.91 Å². The molecule has 2 saturated heterocycles. The Morgan fingerprint density at radius 1 is 1.23 bits per heavy atom. The van der Waals surface area contributed by atoms with Crippen LogP contribution in [0.1, 0.15) is 29.8 Å². The zero-order valence-electron chi connectivity index (χ0n) is 16.8. The molecule has 8 heteroatoms. The summed E-state index contributed by atoms with van der Waals surface area (Å²) in [6.07, 6.45) is 8.25. The fourth-order valence-electron chi connectivity index (χ4n) is 4.76. The molecule has 154 valence electrons. The Hall–Kier alpha value is -2.93. The summed E-state index contributed by atoms with van der Waals surface area (Å²) in [5, 5.41) is 8.70. The van der Waals surface area contributed by atoms with Gasteiger partial charge in [-0.1, -0.05) is 11.6 Å². The van der Waals surface area contributed by atoms with Gasteiger partial charge in [-0.25, -0.2) is 9.97 Å². The van der Waals surface area contributed by atoms with E-state index in [1.165, 1.54) is 0 Å². The van der Waals surface area contributed by atoms with Crippen molar-refractivity contribution in [3.05, 3.63) is 59.6 Å². The van der Waals surface area contributed by atoms with Crippen LogP contribution in [-0.4, -0.2) is 49.2 Å². The molecule has 1 amide bonds. The molecule has 30 heavy (non-hydrogen) atoms. The molecule has 3 fully saturated rings. The molecule has 1 aromatic carbocycles. The number of benzene rings is 1. The summed E-state index contributed by atoms with van der Waals surface area (Å²) in [7, 11) is 1.82. The van der Waals surface area contributed by atoms with Crippen molar-refractivity contribution >= 4 is 23.2 Å². The van der Waals surface area contributed by atoms with Crippen LogP contribution in [0.4, 0.5) is 5.69 Å². The SMILES string of the molecule is Cn1cc(-c2ncccn2)c(C(=O)N2CCC3CC2(CNc2ccc(Cl)cc2)C3)n1. The number of nitrogens with one attached hydrogen (secondary N) is 1. The van der Waals surface area contributed by atoms with E-state index in [0.29, 0.717) is 34.6 Å². The highest BCUT2D eigenvalue weighted by atomic mass is 35.5. The lowest BCUT2D eigenvalue weighted by molar-refractivity contribution is -0.0489. The van der Waals surface area contributed by atoms with E-state index in [4.69, 9.17) is 11.6 Å². The molecule has 7 nitrogen and oxygen atoms in total. The largest absolute Gasteiger partial charge is 0.383 e. The van der Waals surface area contributed by atoms with Crippen molar-refractivity contribution in [2.45, 2.75) is 24.8 Å². The lowest BCUT2D eigenvalue weighted by Crippen LogP contribution is -2.67. The van der Waals surface area contributed by atoms with Crippen molar-refractivity contribution in [1.82, 2.24) is 24.6 Å². The molecule has 3 aliphatic rings. The van der Waals surface area contributed by atoms with Gasteiger partial charge in [-0.05, 0) is 55.5 Å². The third kappa shape index (κ3) is 3.33. The molecule has 0 atom stereocenters. The van der Waals surface area contributed by atoms with E-state index in [-0.39, 0.29) is 11.4 Å². The number of carbonyl (C=O) groups is 1. The number of nitrogens with zero attached hydrogens (tertiary/aromatic N) is 5. The number of aryl methyl sites for hydroxylation is 1. The number of fused-ring (bicyclic) bond motifs is 2. The predicted octanol–water partition coefficient (Wildman–Crippen LogP) is 3.64. The lowest BCUT2D eigenvalue weighted by Gasteiger charge is -2.59. The molecule has 1 saturated carbocycles. The Morgan fingerprint density at radius 3 is 2.70 bits per heavy atom. The Kier molecular flexibility index (Phi) is 4.70. The predicted molar refractivity (Wildman–Crippen MR) is 115 cm³/mol. The third-order valence-corrected chi connectivity index (χ3v) is 6.47. The highest BCUT2D eigenvalue weighted by molar-refractivity contribution is 6.30. The van der Waals surface area contributed by atoms with Gasteiger partial charge in [-0.15, -0.1) is 0 Å². The number of halogens is 1. The van der Waals surface area contributed by atoms with Gasteiger partial charge in [-0.2, -0.15) is 5.10 Å². The fourth-order valence-corrected chi connectivity index (χ4v) is 4.88. The molecule has 0 unspecified atom stereocenters. The third-order valence-electron chi connectivity index (χ3n) is 6.22. The van der Waals surface area contributed by atoms with Crippen molar-refractivity contribution in [3.63, 3.8) is 0 Å². The molecular weight excluding hydrogens is 400 g/mol. The quantitative estimate of drug-likeness (QED) is 0.679. The second-order valence-electron chi connectivity index (χ2n) is 8.24. The fraction of sp³-hybridized carbons (Fsp3) is 0.364. The standard InChI is InChI=1S/C22H23ClN6O/c1-28-13-18(20-24-8-2-9-25-20)19(27-28)21(30)29-10-7-15-11-22(29,12-15)14-26-17-5-3-16(23)4-6-17/h2-6,8-9,13,15,26H,7,10-12,14H2,1H3. The summed E-state index contributed by atoms with van der Waals surface area (Å²) in [6.45, 7) is 1.46. The molecule has 2 aromatic heterocycles. The normalized spacial score (nSPS) is 22.5. The van der Waals surface area contributed by atoms with Crippen LogP contribution in [0.2, 0.25) is 5.02 Å². The second kappa shape index (κ2) is 7.40. The van der Waals surface area contributed by atoms with Crippen LogP contribution in [0, 0.1) is 5.92 Å². The molecule has 3 aromatic rings. The van der Waals surface area contributed by atoms with E-state index in [2.05, 4.69) is 20.4 Å². The lowest BCUT2D eigenvalue weighted by atomic mass is 9.62. The maximum absolute atomic E-state index is 13.7. The first kappa shape index (κ1) is 19.1. The van der Waals surface area contributed by atoms with Crippen molar-refractivity contribution in [2.24, 2.45) is 13.0 Å². The molecular formula is C22H23ClN6O.